The van der Waals surface area contributed by atoms with Crippen LogP contribution in [0.5, 0.6) is 0 Å². The van der Waals surface area contributed by atoms with Crippen molar-refractivity contribution in [2.24, 2.45) is 11.5 Å². The third kappa shape index (κ3) is 19.9. The number of nitrogens with two attached hydrogens (primary N) is 2. The molecule has 0 saturated carbocycles. The molecule has 0 saturated heterocycles. The summed E-state index contributed by atoms with van der Waals surface area (Å²) in [6.45, 7) is -1.29. The van der Waals surface area contributed by atoms with E-state index in [9.17, 15) is 42.3 Å². The number of aliphatic hydroxyl groups is 1. The van der Waals surface area contributed by atoms with E-state index < -0.39 is 88.6 Å². The maximum Gasteiger partial charge on any atom is 0.407 e. The van der Waals surface area contributed by atoms with Gasteiger partial charge in [0.1, 0.15) is 12.6 Å². The Morgan fingerprint density at radius 1 is 0.860 bits per heavy atom. The van der Waals surface area contributed by atoms with Crippen molar-refractivity contribution in [1.82, 2.24) is 26.6 Å². The van der Waals surface area contributed by atoms with Crippen molar-refractivity contribution in [1.29, 1.82) is 0 Å². The number of primary amides is 1. The van der Waals surface area contributed by atoms with Gasteiger partial charge in [-0.2, -0.15) is 0 Å². The summed E-state index contributed by atoms with van der Waals surface area (Å²) in [5.74, 6) is -4.67. The van der Waals surface area contributed by atoms with Crippen molar-refractivity contribution >= 4 is 45.7 Å². The maximum atomic E-state index is 12.6. The van der Waals surface area contributed by atoms with Crippen molar-refractivity contribution in [2.75, 3.05) is 78.3 Å². The highest BCUT2D eigenvalue weighted by Gasteiger charge is 2.30. The van der Waals surface area contributed by atoms with Crippen LogP contribution in [0, 0.1) is 0 Å². The van der Waals surface area contributed by atoms with E-state index in [4.69, 9.17) is 30.4 Å². The maximum absolute atomic E-state index is 12.6. The first-order chi connectivity index (χ1) is 20.2. The van der Waals surface area contributed by atoms with Crippen LogP contribution in [0.15, 0.2) is 0 Å². The molecule has 0 radical (unpaired) electrons. The highest BCUT2D eigenvalue weighted by atomic mass is 32.2. The highest BCUT2D eigenvalue weighted by Crippen LogP contribution is 2.04. The molecule has 43 heavy (non-hydrogen) atoms. The van der Waals surface area contributed by atoms with Gasteiger partial charge in [-0.1, -0.05) is 0 Å². The number of carbonyl (C=O) groups is 6. The van der Waals surface area contributed by atoms with E-state index in [2.05, 4.69) is 26.6 Å². The fourth-order valence-corrected chi connectivity index (χ4v) is 4.44. The Morgan fingerprint density at radius 2 is 1.49 bits per heavy atom. The molecular weight excluding hydrogens is 602 g/mol. The molecule has 0 bridgehead atoms. The van der Waals surface area contributed by atoms with Crippen LogP contribution in [-0.2, 0) is 48.0 Å². The van der Waals surface area contributed by atoms with E-state index in [1.807, 2.05) is 0 Å². The number of sulfone groups is 1. The summed E-state index contributed by atoms with van der Waals surface area (Å²) < 4.78 is 45.2. The number of ether oxygens (including phenoxy) is 4. The number of aliphatic hydroxyl groups excluding tert-OH is 1. The van der Waals surface area contributed by atoms with Gasteiger partial charge in [-0.05, 0) is 0 Å². The minimum Gasteiger partial charge on any atom is -0.446 e. The van der Waals surface area contributed by atoms with Crippen molar-refractivity contribution in [2.45, 2.75) is 24.6 Å². The molecule has 0 aromatic rings. The first kappa shape index (κ1) is 39.2. The number of nitrogens with one attached hydrogen (secondary N) is 5. The van der Waals surface area contributed by atoms with Crippen molar-refractivity contribution in [3.05, 3.63) is 0 Å². The van der Waals surface area contributed by atoms with Crippen molar-refractivity contribution < 1.29 is 61.2 Å². The second kappa shape index (κ2) is 21.8. The van der Waals surface area contributed by atoms with E-state index in [-0.39, 0.29) is 45.9 Å². The Kier molecular flexibility index (Phi) is 19.9. The van der Waals surface area contributed by atoms with Crippen LogP contribution in [0.25, 0.3) is 0 Å². The van der Waals surface area contributed by atoms with Crippen LogP contribution in [0.2, 0.25) is 0 Å². The topological polar surface area (TPSA) is 306 Å². The highest BCUT2D eigenvalue weighted by molar-refractivity contribution is 7.91. The molecule has 21 heteroatoms. The quantitative estimate of drug-likeness (QED) is 0.0510. The largest absolute Gasteiger partial charge is 0.446 e. The van der Waals surface area contributed by atoms with E-state index in [0.29, 0.717) is 0 Å². The van der Waals surface area contributed by atoms with Gasteiger partial charge in [-0.3, -0.25) is 19.2 Å². The Morgan fingerprint density at radius 3 is 2.07 bits per heavy atom. The average molecular weight is 644 g/mol. The van der Waals surface area contributed by atoms with Gasteiger partial charge in [0.15, 0.2) is 15.9 Å². The zero-order valence-electron chi connectivity index (χ0n) is 23.9. The molecule has 0 spiro atoms. The van der Waals surface area contributed by atoms with Crippen LogP contribution >= 0.6 is 0 Å². The molecule has 0 heterocycles. The zero-order chi connectivity index (χ0) is 32.8. The molecule has 0 aromatic heterocycles. The Hall–Kier alpha value is -3.79. The van der Waals surface area contributed by atoms with E-state index in [1.165, 1.54) is 14.1 Å². The molecular formula is C22H41N7O13S. The summed E-state index contributed by atoms with van der Waals surface area (Å²) in [6.07, 6.45) is -3.28. The van der Waals surface area contributed by atoms with Gasteiger partial charge < -0.3 is 62.1 Å². The van der Waals surface area contributed by atoms with Crippen molar-refractivity contribution in [3.8, 4) is 0 Å². The first-order valence-electron chi connectivity index (χ1n) is 12.8. The molecule has 0 rings (SSSR count). The van der Waals surface area contributed by atoms with Crippen LogP contribution in [0.4, 0.5) is 9.59 Å². The smallest absolute Gasteiger partial charge is 0.407 e. The zero-order valence-corrected chi connectivity index (χ0v) is 24.7. The number of rotatable bonds is 22. The van der Waals surface area contributed by atoms with Gasteiger partial charge in [-0.15, -0.1) is 0 Å². The molecule has 0 unspecified atom stereocenters. The lowest BCUT2D eigenvalue weighted by atomic mass is 10.2. The molecule has 0 fully saturated rings. The molecule has 248 valence electrons. The van der Waals surface area contributed by atoms with Gasteiger partial charge in [0.25, 0.3) is 0 Å². The second-order valence-electron chi connectivity index (χ2n) is 8.56. The second-order valence-corrected chi connectivity index (χ2v) is 10.7. The van der Waals surface area contributed by atoms with Gasteiger partial charge in [-0.25, -0.2) is 18.0 Å². The van der Waals surface area contributed by atoms with Gasteiger partial charge >= 0.3 is 12.2 Å². The van der Waals surface area contributed by atoms with Crippen LogP contribution in [0.3, 0.4) is 0 Å². The Labute approximate surface area is 248 Å². The van der Waals surface area contributed by atoms with Gasteiger partial charge in [0.05, 0.1) is 57.1 Å². The van der Waals surface area contributed by atoms with Crippen LogP contribution < -0.4 is 38.1 Å². The number of amides is 6. The summed E-state index contributed by atoms with van der Waals surface area (Å²) in [5.41, 5.74) is 10.6. The monoisotopic (exact) mass is 643 g/mol. The lowest BCUT2D eigenvalue weighted by Gasteiger charge is -2.20. The molecule has 20 nitrogen and oxygen atoms in total. The number of hydrogen-bond donors (Lipinski definition) is 8. The van der Waals surface area contributed by atoms with E-state index in [1.54, 1.807) is 0 Å². The van der Waals surface area contributed by atoms with Gasteiger partial charge in [0, 0.05) is 27.1 Å². The summed E-state index contributed by atoms with van der Waals surface area (Å²) in [6, 6.07) is -3.11. The number of carbonyl (C=O) groups excluding carboxylic acids is 6. The third-order valence-corrected chi connectivity index (χ3v) is 6.71. The molecule has 3 atom stereocenters. The fourth-order valence-electron chi connectivity index (χ4n) is 2.87. The van der Waals surface area contributed by atoms with Gasteiger partial charge in [0.2, 0.25) is 23.6 Å². The summed E-state index contributed by atoms with van der Waals surface area (Å²) >= 11 is 0. The third-order valence-electron chi connectivity index (χ3n) is 4.96. The number of alkyl carbamates (subject to hydrolysis) is 2. The van der Waals surface area contributed by atoms with Crippen LogP contribution in [-0.4, -0.2) is 146 Å². The SMILES string of the molecule is CNC(=O)OC[C@H](CS(=O)(=O)C[C@H](N)C(=O)N[C@@H](CO)C(=O)NCCOCCOCCC(=O)NCC(N)=O)OC(=O)NC. The minimum absolute atomic E-state index is 0.00793. The fraction of sp³-hybridized carbons (Fsp3) is 0.727. The molecule has 0 aliphatic carbocycles. The van der Waals surface area contributed by atoms with Crippen LogP contribution in [0.1, 0.15) is 6.42 Å². The lowest BCUT2D eigenvalue weighted by molar-refractivity contribution is -0.130. The average Bonchev–Trinajstić information content (AvgIpc) is 2.95. The summed E-state index contributed by atoms with van der Waals surface area (Å²) in [4.78, 5) is 69.5. The standard InChI is InChI=1S/C22H41N7O13S/c1-25-21(35)41-11-14(42-22(36)26-2)12-43(37,38)13-15(23)19(33)29-16(10-30)20(34)27-4-6-40-8-7-39-5-3-18(32)28-9-17(24)31/h14-16,30H,3-13,23H2,1-2H3,(H2,24,31)(H,25,35)(H,26,36)(H,27,34)(H,28,32)(H,29,33)/t14-,15+,16+/m1/s1. The molecule has 0 aromatic carbocycles. The summed E-state index contributed by atoms with van der Waals surface area (Å²) in [7, 11) is -1.67. The molecule has 10 N–H and O–H groups in total. The lowest BCUT2D eigenvalue weighted by Crippen LogP contribution is -2.55. The normalized spacial score (nSPS) is 13.0. The molecule has 0 aliphatic heterocycles. The Bertz CT molecular complexity index is 1030. The first-order valence-corrected chi connectivity index (χ1v) is 14.6. The summed E-state index contributed by atoms with van der Waals surface area (Å²) in [5, 5.41) is 20.6. The van der Waals surface area contributed by atoms with E-state index in [0.717, 1.165) is 0 Å². The van der Waals surface area contributed by atoms with Crippen molar-refractivity contribution in [3.63, 3.8) is 0 Å². The molecule has 6 amide bonds. The molecule has 0 aliphatic rings. The van der Waals surface area contributed by atoms with E-state index >= 15 is 0 Å². The predicted octanol–water partition coefficient (Wildman–Crippen LogP) is -5.57. The number of hydrogen-bond acceptors (Lipinski definition) is 14. The minimum atomic E-state index is -4.16. The Balaban J connectivity index is 4.52. The predicted molar refractivity (Wildman–Crippen MR) is 147 cm³/mol.